The molecular weight excluding hydrogens is 431 g/mol. The van der Waals surface area contributed by atoms with E-state index < -0.39 is 17.0 Å². The molecule has 0 nitrogen and oxygen atoms in total. The Hall–Kier alpha value is -2.09. The zero-order valence-electron chi connectivity index (χ0n) is 15.6. The Morgan fingerprint density at radius 2 is 0.621 bits per heavy atom. The van der Waals surface area contributed by atoms with E-state index in [9.17, 15) is 0 Å². The van der Waals surface area contributed by atoms with Gasteiger partial charge in [-0.25, -0.2) is 0 Å². The van der Waals surface area contributed by atoms with Crippen LogP contribution in [0.4, 0.5) is 0 Å². The Bertz CT molecular complexity index is 1150. The second kappa shape index (κ2) is 9.61. The van der Waals surface area contributed by atoms with Crippen LogP contribution < -0.4 is 0 Å². The summed E-state index contributed by atoms with van der Waals surface area (Å²) >= 11 is -0.556. The largest absolute Gasteiger partial charge is 0.126 e. The van der Waals surface area contributed by atoms with Gasteiger partial charge in [0.05, 0.1) is 0 Å². The van der Waals surface area contributed by atoms with Gasteiger partial charge in [0.2, 0.25) is 0 Å². The van der Waals surface area contributed by atoms with E-state index in [1.807, 2.05) is 0 Å². The summed E-state index contributed by atoms with van der Waals surface area (Å²) in [7, 11) is 9.78. The van der Waals surface area contributed by atoms with Gasteiger partial charge in [0.25, 0.3) is 0 Å². The van der Waals surface area contributed by atoms with E-state index in [1.165, 1.54) is 43.1 Å². The Morgan fingerprint density at radius 3 is 0.862 bits per heavy atom. The molecule has 0 N–H and O–H groups in total. The van der Waals surface area contributed by atoms with Gasteiger partial charge in [-0.1, -0.05) is 72.8 Å². The maximum Gasteiger partial charge on any atom is -0.0771 e. The van der Waals surface area contributed by atoms with Crippen LogP contribution in [0.5, 0.6) is 0 Å². The Kier molecular flexibility index (Phi) is 6.69. The summed E-state index contributed by atoms with van der Waals surface area (Å²) in [5, 5.41) is 10.8. The molecule has 29 heavy (non-hydrogen) atoms. The third-order valence-electron chi connectivity index (χ3n) is 5.05. The fourth-order valence-electron chi connectivity index (χ4n) is 3.81. The van der Waals surface area contributed by atoms with Crippen molar-refractivity contribution in [1.82, 2.24) is 0 Å². The first-order chi connectivity index (χ1) is 14.3. The minimum Gasteiger partial charge on any atom is -0.126 e. The standard InChI is InChI=1S/2C13H9.2ClH.Ti/c2*1-3-7-12-10(5-1)9-11-6-2-4-8-13(11)12;;;/h2*1-9H;2*1H;/q2*-1;;;+2/p-2. The van der Waals surface area contributed by atoms with Crippen molar-refractivity contribution in [3.63, 3.8) is 0 Å². The Morgan fingerprint density at radius 1 is 0.414 bits per heavy atom. The van der Waals surface area contributed by atoms with Crippen LogP contribution in [0, 0.1) is 0 Å². The average Bonchev–Trinajstić information content (AvgIpc) is 3.33. The molecular formula is C26H18Cl2Ti-2. The van der Waals surface area contributed by atoms with Crippen molar-refractivity contribution >= 4 is 61.7 Å². The van der Waals surface area contributed by atoms with Gasteiger partial charge in [-0.15, -0.1) is 79.5 Å². The maximum atomic E-state index is 4.89. The molecule has 0 aliphatic heterocycles. The molecule has 142 valence electrons. The second-order valence-corrected chi connectivity index (χ2v) is 9.29. The summed E-state index contributed by atoms with van der Waals surface area (Å²) in [5.41, 5.74) is 0. The van der Waals surface area contributed by atoms with Crippen LogP contribution in [0.25, 0.3) is 43.1 Å². The quantitative estimate of drug-likeness (QED) is 0.161. The predicted octanol–water partition coefficient (Wildman–Crippen LogP) is 8.80. The average molecular weight is 449 g/mol. The van der Waals surface area contributed by atoms with Crippen molar-refractivity contribution in [2.45, 2.75) is 0 Å². The number of rotatable bonds is 0. The second-order valence-electron chi connectivity index (χ2n) is 6.71. The van der Waals surface area contributed by atoms with Crippen molar-refractivity contribution < 1.29 is 17.0 Å². The van der Waals surface area contributed by atoms with Crippen molar-refractivity contribution in [3.05, 3.63) is 109 Å². The summed E-state index contributed by atoms with van der Waals surface area (Å²) in [4.78, 5) is 0. The summed E-state index contributed by atoms with van der Waals surface area (Å²) in [6.07, 6.45) is 0. The first-order valence-corrected chi connectivity index (χ1v) is 13.6. The van der Waals surface area contributed by atoms with Crippen LogP contribution in [0.15, 0.2) is 109 Å². The van der Waals surface area contributed by atoms with E-state index >= 15 is 0 Å². The van der Waals surface area contributed by atoms with Gasteiger partial charge in [-0.2, -0.15) is 0 Å². The molecule has 3 heteroatoms. The molecule has 6 rings (SSSR count). The summed E-state index contributed by atoms with van der Waals surface area (Å²) in [5.74, 6) is 0. The van der Waals surface area contributed by atoms with Gasteiger partial charge in [0, 0.05) is 0 Å². The minimum absolute atomic E-state index is 0.556. The molecule has 6 aromatic carbocycles. The zero-order valence-corrected chi connectivity index (χ0v) is 18.7. The molecule has 0 unspecified atom stereocenters. The van der Waals surface area contributed by atoms with Crippen LogP contribution in [0.3, 0.4) is 0 Å². The van der Waals surface area contributed by atoms with Crippen molar-refractivity contribution in [3.8, 4) is 0 Å². The zero-order chi connectivity index (χ0) is 20.1. The van der Waals surface area contributed by atoms with Crippen LogP contribution >= 0.6 is 18.6 Å². The minimum atomic E-state index is -0.556. The Balaban J connectivity index is 0.000000125. The van der Waals surface area contributed by atoms with E-state index in [1.54, 1.807) is 0 Å². The van der Waals surface area contributed by atoms with E-state index in [2.05, 4.69) is 109 Å². The topological polar surface area (TPSA) is 0 Å². The molecule has 0 radical (unpaired) electrons. The first kappa shape index (κ1) is 20.2. The first-order valence-electron chi connectivity index (χ1n) is 9.34. The number of hydrogen-bond donors (Lipinski definition) is 0. The molecule has 0 fully saturated rings. The molecule has 0 aromatic heterocycles. The molecule has 0 saturated heterocycles. The molecule has 0 bridgehead atoms. The molecule has 0 amide bonds. The van der Waals surface area contributed by atoms with Crippen molar-refractivity contribution in [2.24, 2.45) is 0 Å². The number of fused-ring (bicyclic) bond motifs is 6. The van der Waals surface area contributed by atoms with Gasteiger partial charge >= 0.3 is 35.6 Å². The summed E-state index contributed by atoms with van der Waals surface area (Å²) in [6, 6.07) is 38.5. The number of benzene rings is 4. The van der Waals surface area contributed by atoms with Gasteiger partial charge in [-0.05, 0) is 0 Å². The van der Waals surface area contributed by atoms with Crippen LogP contribution in [-0.2, 0) is 17.0 Å². The third-order valence-corrected chi connectivity index (χ3v) is 5.05. The van der Waals surface area contributed by atoms with E-state index in [-0.39, 0.29) is 0 Å². The van der Waals surface area contributed by atoms with Crippen molar-refractivity contribution in [2.75, 3.05) is 0 Å². The van der Waals surface area contributed by atoms with E-state index in [0.717, 1.165) is 0 Å². The van der Waals surface area contributed by atoms with Crippen LogP contribution in [0.1, 0.15) is 0 Å². The Labute approximate surface area is 187 Å². The van der Waals surface area contributed by atoms with Gasteiger partial charge in [-0.3, -0.25) is 0 Å². The number of hydrogen-bond acceptors (Lipinski definition) is 0. The molecule has 0 atom stereocenters. The van der Waals surface area contributed by atoms with Gasteiger partial charge in [0.1, 0.15) is 0 Å². The van der Waals surface area contributed by atoms with E-state index in [4.69, 9.17) is 18.6 Å². The SMILES string of the molecule is [Cl][Ti][Cl].c1ccc2c(c1)[cH-]c1ccccc12.c1ccc2c(c1)[cH-]c1ccccc12. The fourth-order valence-corrected chi connectivity index (χ4v) is 3.81. The molecule has 6 aromatic rings. The van der Waals surface area contributed by atoms with Gasteiger partial charge < -0.3 is 0 Å². The fraction of sp³-hybridized carbons (Fsp3) is 0. The molecule has 0 aliphatic carbocycles. The monoisotopic (exact) mass is 448 g/mol. The van der Waals surface area contributed by atoms with Crippen LogP contribution in [-0.4, -0.2) is 0 Å². The molecule has 0 aliphatic rings. The number of halogens is 2. The third kappa shape index (κ3) is 4.42. The summed E-state index contributed by atoms with van der Waals surface area (Å²) < 4.78 is 0. The van der Waals surface area contributed by atoms with E-state index in [0.29, 0.717) is 0 Å². The normalized spacial score (nSPS) is 10.4. The van der Waals surface area contributed by atoms with Crippen molar-refractivity contribution in [1.29, 1.82) is 0 Å². The summed E-state index contributed by atoms with van der Waals surface area (Å²) in [6.45, 7) is 0. The predicted molar refractivity (Wildman–Crippen MR) is 126 cm³/mol. The van der Waals surface area contributed by atoms with Gasteiger partial charge in [0.15, 0.2) is 0 Å². The molecule has 0 saturated carbocycles. The smallest absolute Gasteiger partial charge is 0.0771 e. The molecule has 0 heterocycles. The molecule has 0 spiro atoms. The van der Waals surface area contributed by atoms with Crippen LogP contribution in [0.2, 0.25) is 0 Å². The maximum absolute atomic E-state index is 4.89.